The summed E-state index contributed by atoms with van der Waals surface area (Å²) in [6.45, 7) is 8.43. The Kier molecular flexibility index (Phi) is 4.55. The van der Waals surface area contributed by atoms with Crippen molar-refractivity contribution in [2.24, 2.45) is 0 Å². The van der Waals surface area contributed by atoms with Crippen molar-refractivity contribution < 1.29 is 9.18 Å². The summed E-state index contributed by atoms with van der Waals surface area (Å²) in [6, 6.07) is 8.83. The van der Waals surface area contributed by atoms with Gasteiger partial charge >= 0.3 is 0 Å². The standard InChI is InChI=1S/C18H23FN4O/c1-13(2)23-14(3)12-16(20-23)18(24)22-10-8-21(9-11-22)17-7-5-4-6-15(17)19/h4-7,12-13H,8-11H2,1-3H3. The maximum atomic E-state index is 13.9. The van der Waals surface area contributed by atoms with Gasteiger partial charge in [0.2, 0.25) is 0 Å². The maximum absolute atomic E-state index is 13.9. The lowest BCUT2D eigenvalue weighted by atomic mass is 10.2. The molecule has 1 amide bonds. The number of benzene rings is 1. The molecule has 5 nitrogen and oxygen atoms in total. The molecule has 1 aromatic carbocycles. The number of rotatable bonds is 3. The molecule has 1 aliphatic heterocycles. The van der Waals surface area contributed by atoms with Gasteiger partial charge < -0.3 is 9.80 Å². The van der Waals surface area contributed by atoms with Crippen LogP contribution in [0.1, 0.15) is 36.1 Å². The molecule has 1 aromatic heterocycles. The minimum atomic E-state index is -0.219. The van der Waals surface area contributed by atoms with Gasteiger partial charge in [0.25, 0.3) is 5.91 Å². The summed E-state index contributed by atoms with van der Waals surface area (Å²) in [4.78, 5) is 16.4. The number of anilines is 1. The first-order valence-corrected chi connectivity index (χ1v) is 8.32. The Balaban J connectivity index is 1.67. The zero-order valence-corrected chi connectivity index (χ0v) is 14.4. The lowest BCUT2D eigenvalue weighted by Gasteiger charge is -2.35. The van der Waals surface area contributed by atoms with Gasteiger partial charge in [-0.1, -0.05) is 12.1 Å². The van der Waals surface area contributed by atoms with Crippen LogP contribution in [0.15, 0.2) is 30.3 Å². The van der Waals surface area contributed by atoms with Crippen LogP contribution in [-0.2, 0) is 0 Å². The summed E-state index contributed by atoms with van der Waals surface area (Å²) < 4.78 is 15.7. The van der Waals surface area contributed by atoms with E-state index in [-0.39, 0.29) is 17.8 Å². The predicted molar refractivity (Wildman–Crippen MR) is 91.9 cm³/mol. The predicted octanol–water partition coefficient (Wildman–Crippen LogP) is 2.87. The number of hydrogen-bond acceptors (Lipinski definition) is 3. The summed E-state index contributed by atoms with van der Waals surface area (Å²) >= 11 is 0. The van der Waals surface area contributed by atoms with Crippen molar-refractivity contribution in [1.82, 2.24) is 14.7 Å². The average Bonchev–Trinajstić information content (AvgIpc) is 2.97. The number of amides is 1. The van der Waals surface area contributed by atoms with Crippen LogP contribution in [0.5, 0.6) is 0 Å². The van der Waals surface area contributed by atoms with E-state index in [4.69, 9.17) is 0 Å². The number of carbonyl (C=O) groups is 1. The summed E-state index contributed by atoms with van der Waals surface area (Å²) in [5, 5.41) is 4.43. The van der Waals surface area contributed by atoms with E-state index < -0.39 is 0 Å². The molecule has 0 aliphatic carbocycles. The SMILES string of the molecule is Cc1cc(C(=O)N2CCN(c3ccccc3F)CC2)nn1C(C)C. The molecule has 1 aliphatic rings. The summed E-state index contributed by atoms with van der Waals surface area (Å²) in [6.07, 6.45) is 0. The summed E-state index contributed by atoms with van der Waals surface area (Å²) in [5.74, 6) is -0.269. The van der Waals surface area contributed by atoms with E-state index in [9.17, 15) is 9.18 Å². The van der Waals surface area contributed by atoms with Crippen molar-refractivity contribution >= 4 is 11.6 Å². The molecule has 1 fully saturated rings. The quantitative estimate of drug-likeness (QED) is 0.869. The van der Waals surface area contributed by atoms with E-state index in [1.807, 2.05) is 42.5 Å². The van der Waals surface area contributed by atoms with E-state index in [0.717, 1.165) is 5.69 Å². The Morgan fingerprint density at radius 3 is 2.42 bits per heavy atom. The van der Waals surface area contributed by atoms with Crippen LogP contribution in [0, 0.1) is 12.7 Å². The second-order valence-corrected chi connectivity index (χ2v) is 6.44. The molecule has 0 unspecified atom stereocenters. The highest BCUT2D eigenvalue weighted by Gasteiger charge is 2.25. The number of hydrogen-bond donors (Lipinski definition) is 0. The first-order chi connectivity index (χ1) is 11.5. The molecule has 24 heavy (non-hydrogen) atoms. The monoisotopic (exact) mass is 330 g/mol. The number of aryl methyl sites for hydroxylation is 1. The third-order valence-electron chi connectivity index (χ3n) is 4.39. The van der Waals surface area contributed by atoms with Crippen molar-refractivity contribution in [3.63, 3.8) is 0 Å². The fourth-order valence-corrected chi connectivity index (χ4v) is 3.14. The van der Waals surface area contributed by atoms with Gasteiger partial charge in [-0.2, -0.15) is 5.10 Å². The van der Waals surface area contributed by atoms with Crippen molar-refractivity contribution in [2.45, 2.75) is 26.8 Å². The molecule has 128 valence electrons. The van der Waals surface area contributed by atoms with Gasteiger partial charge in [-0.3, -0.25) is 9.48 Å². The highest BCUT2D eigenvalue weighted by molar-refractivity contribution is 5.92. The second-order valence-electron chi connectivity index (χ2n) is 6.44. The number of carbonyl (C=O) groups excluding carboxylic acids is 1. The Hall–Kier alpha value is -2.37. The van der Waals surface area contributed by atoms with E-state index in [1.54, 1.807) is 17.0 Å². The number of aromatic nitrogens is 2. The fourth-order valence-electron chi connectivity index (χ4n) is 3.14. The van der Waals surface area contributed by atoms with Crippen LogP contribution in [0.4, 0.5) is 10.1 Å². The molecule has 0 atom stereocenters. The molecule has 3 rings (SSSR count). The zero-order valence-electron chi connectivity index (χ0n) is 14.4. The third kappa shape index (κ3) is 3.13. The first-order valence-electron chi connectivity index (χ1n) is 8.32. The molecule has 0 saturated carbocycles. The Labute approximate surface area is 141 Å². The molecule has 0 N–H and O–H groups in total. The van der Waals surface area contributed by atoms with Crippen LogP contribution < -0.4 is 4.90 Å². The van der Waals surface area contributed by atoms with Crippen molar-refractivity contribution in [3.05, 3.63) is 47.5 Å². The minimum absolute atomic E-state index is 0.0503. The Morgan fingerprint density at radius 1 is 1.17 bits per heavy atom. The molecule has 0 radical (unpaired) electrons. The number of halogens is 1. The molecule has 2 heterocycles. The lowest BCUT2D eigenvalue weighted by Crippen LogP contribution is -2.49. The van der Waals surface area contributed by atoms with Crippen LogP contribution >= 0.6 is 0 Å². The molecular formula is C18H23FN4O. The lowest BCUT2D eigenvalue weighted by molar-refractivity contribution is 0.0739. The topological polar surface area (TPSA) is 41.4 Å². The van der Waals surface area contributed by atoms with E-state index in [0.29, 0.717) is 37.6 Å². The minimum Gasteiger partial charge on any atom is -0.366 e. The van der Waals surface area contributed by atoms with E-state index in [2.05, 4.69) is 5.10 Å². The number of para-hydroxylation sites is 1. The van der Waals surface area contributed by atoms with Gasteiger partial charge in [0.05, 0.1) is 5.69 Å². The Morgan fingerprint density at radius 2 is 1.83 bits per heavy atom. The smallest absolute Gasteiger partial charge is 0.274 e. The summed E-state index contributed by atoms with van der Waals surface area (Å²) in [7, 11) is 0. The number of nitrogens with zero attached hydrogens (tertiary/aromatic N) is 4. The summed E-state index contributed by atoms with van der Waals surface area (Å²) in [5.41, 5.74) is 2.07. The second kappa shape index (κ2) is 6.63. The van der Waals surface area contributed by atoms with Gasteiger partial charge in [0.1, 0.15) is 5.82 Å². The van der Waals surface area contributed by atoms with E-state index in [1.165, 1.54) is 6.07 Å². The molecular weight excluding hydrogens is 307 g/mol. The van der Waals surface area contributed by atoms with Gasteiger partial charge in [0, 0.05) is 37.9 Å². The van der Waals surface area contributed by atoms with Gasteiger partial charge in [0.15, 0.2) is 5.69 Å². The van der Waals surface area contributed by atoms with Crippen LogP contribution in [0.3, 0.4) is 0 Å². The molecule has 1 saturated heterocycles. The molecule has 0 bridgehead atoms. The van der Waals surface area contributed by atoms with Crippen LogP contribution in [0.2, 0.25) is 0 Å². The van der Waals surface area contributed by atoms with Gasteiger partial charge in [-0.15, -0.1) is 0 Å². The van der Waals surface area contributed by atoms with Crippen molar-refractivity contribution in [2.75, 3.05) is 31.1 Å². The fraction of sp³-hybridized carbons (Fsp3) is 0.444. The average molecular weight is 330 g/mol. The Bertz CT molecular complexity index is 732. The van der Waals surface area contributed by atoms with Crippen LogP contribution in [0.25, 0.3) is 0 Å². The maximum Gasteiger partial charge on any atom is 0.274 e. The van der Waals surface area contributed by atoms with Crippen LogP contribution in [-0.4, -0.2) is 46.8 Å². The number of piperazine rings is 1. The van der Waals surface area contributed by atoms with Gasteiger partial charge in [-0.25, -0.2) is 4.39 Å². The van der Waals surface area contributed by atoms with Crippen molar-refractivity contribution in [3.8, 4) is 0 Å². The third-order valence-corrected chi connectivity index (χ3v) is 4.39. The highest BCUT2D eigenvalue weighted by Crippen LogP contribution is 2.21. The normalized spacial score (nSPS) is 15.2. The first kappa shape index (κ1) is 16.5. The molecule has 2 aromatic rings. The highest BCUT2D eigenvalue weighted by atomic mass is 19.1. The largest absolute Gasteiger partial charge is 0.366 e. The molecule has 0 spiro atoms. The van der Waals surface area contributed by atoms with Gasteiger partial charge in [-0.05, 0) is 39.0 Å². The van der Waals surface area contributed by atoms with E-state index >= 15 is 0 Å². The molecule has 6 heteroatoms. The zero-order chi connectivity index (χ0) is 17.3. The van der Waals surface area contributed by atoms with Crippen molar-refractivity contribution in [1.29, 1.82) is 0 Å².